The smallest absolute Gasteiger partial charge is 0.303 e. The minimum absolute atomic E-state index is 0.00970. The maximum Gasteiger partial charge on any atom is 0.303 e. The lowest BCUT2D eigenvalue weighted by atomic mass is 10.1. The Hall–Kier alpha value is -1.49. The second kappa shape index (κ2) is 9.45. The van der Waals surface area contributed by atoms with Crippen molar-refractivity contribution >= 4 is 23.6 Å². The van der Waals surface area contributed by atoms with Gasteiger partial charge in [0, 0.05) is 18.2 Å². The quantitative estimate of drug-likeness (QED) is 0.736. The maximum absolute atomic E-state index is 11.8. The molecule has 1 atom stereocenters. The van der Waals surface area contributed by atoms with Crippen molar-refractivity contribution in [2.75, 3.05) is 5.75 Å². The zero-order valence-corrected chi connectivity index (χ0v) is 13.4. The van der Waals surface area contributed by atoms with Crippen molar-refractivity contribution in [2.45, 2.75) is 44.9 Å². The van der Waals surface area contributed by atoms with Crippen LogP contribution in [-0.4, -0.2) is 28.8 Å². The van der Waals surface area contributed by atoms with E-state index in [4.69, 9.17) is 5.11 Å². The molecule has 1 unspecified atom stereocenters. The van der Waals surface area contributed by atoms with Crippen LogP contribution < -0.4 is 5.32 Å². The fraction of sp³-hybridized carbons (Fsp3) is 0.500. The Morgan fingerprint density at radius 2 is 2.14 bits per heavy atom. The van der Waals surface area contributed by atoms with E-state index in [9.17, 15) is 9.59 Å². The first kappa shape index (κ1) is 17.6. The molecule has 116 valence electrons. The van der Waals surface area contributed by atoms with E-state index in [1.54, 1.807) is 11.8 Å². The monoisotopic (exact) mass is 309 g/mol. The Kier molecular flexibility index (Phi) is 7.90. The number of carboxylic acid groups (broad SMARTS) is 1. The van der Waals surface area contributed by atoms with E-state index >= 15 is 0 Å². The van der Waals surface area contributed by atoms with E-state index in [-0.39, 0.29) is 18.4 Å². The standard InChI is InChI=1S/C16H23NO3S/c1-12-5-3-7-14(9-12)10-21-11-15(18)17-13(2)6-4-8-16(19)20/h3,5,7,9,13H,4,6,8,10-11H2,1-2H3,(H,17,18)(H,19,20). The molecule has 21 heavy (non-hydrogen) atoms. The molecular formula is C16H23NO3S. The van der Waals surface area contributed by atoms with Crippen molar-refractivity contribution in [1.82, 2.24) is 5.32 Å². The SMILES string of the molecule is Cc1cccc(CSCC(=O)NC(C)CCCC(=O)O)c1. The van der Waals surface area contributed by atoms with Crippen LogP contribution >= 0.6 is 11.8 Å². The zero-order valence-electron chi connectivity index (χ0n) is 12.6. The highest BCUT2D eigenvalue weighted by molar-refractivity contribution is 7.99. The average Bonchev–Trinajstić information content (AvgIpc) is 2.38. The van der Waals surface area contributed by atoms with Crippen LogP contribution in [0.15, 0.2) is 24.3 Å². The van der Waals surface area contributed by atoms with Gasteiger partial charge in [-0.25, -0.2) is 0 Å². The topological polar surface area (TPSA) is 66.4 Å². The number of amides is 1. The summed E-state index contributed by atoms with van der Waals surface area (Å²) in [6.45, 7) is 3.96. The molecule has 1 amide bonds. The van der Waals surface area contributed by atoms with Gasteiger partial charge < -0.3 is 10.4 Å². The third-order valence-electron chi connectivity index (χ3n) is 3.02. The number of carboxylic acids is 1. The molecule has 0 saturated heterocycles. The number of rotatable bonds is 9. The van der Waals surface area contributed by atoms with Gasteiger partial charge in [0.25, 0.3) is 0 Å². The highest BCUT2D eigenvalue weighted by Crippen LogP contribution is 2.13. The summed E-state index contributed by atoms with van der Waals surface area (Å²) in [5, 5.41) is 11.5. The summed E-state index contributed by atoms with van der Waals surface area (Å²) in [6, 6.07) is 8.29. The highest BCUT2D eigenvalue weighted by atomic mass is 32.2. The Morgan fingerprint density at radius 3 is 2.81 bits per heavy atom. The Balaban J connectivity index is 2.17. The molecule has 0 heterocycles. The van der Waals surface area contributed by atoms with E-state index < -0.39 is 5.97 Å². The number of benzene rings is 1. The lowest BCUT2D eigenvalue weighted by Gasteiger charge is -2.13. The molecule has 1 aromatic rings. The predicted molar refractivity (Wildman–Crippen MR) is 86.4 cm³/mol. The fourth-order valence-electron chi connectivity index (χ4n) is 2.01. The van der Waals surface area contributed by atoms with Crippen molar-refractivity contribution in [3.63, 3.8) is 0 Å². The van der Waals surface area contributed by atoms with Gasteiger partial charge in [-0.2, -0.15) is 0 Å². The molecule has 0 aliphatic rings. The van der Waals surface area contributed by atoms with Crippen LogP contribution in [0.3, 0.4) is 0 Å². The van der Waals surface area contributed by atoms with Crippen molar-refractivity contribution in [1.29, 1.82) is 0 Å². The minimum Gasteiger partial charge on any atom is -0.481 e. The predicted octanol–water partition coefficient (Wildman–Crippen LogP) is 2.99. The largest absolute Gasteiger partial charge is 0.481 e. The molecule has 0 saturated carbocycles. The summed E-state index contributed by atoms with van der Waals surface area (Å²) in [5.74, 6) is 0.470. The van der Waals surface area contributed by atoms with Crippen molar-refractivity contribution in [3.8, 4) is 0 Å². The van der Waals surface area contributed by atoms with Crippen LogP contribution in [-0.2, 0) is 15.3 Å². The van der Waals surface area contributed by atoms with Gasteiger partial charge in [0.05, 0.1) is 5.75 Å². The first-order chi connectivity index (χ1) is 9.97. The van der Waals surface area contributed by atoms with Gasteiger partial charge in [-0.05, 0) is 32.3 Å². The van der Waals surface area contributed by atoms with Gasteiger partial charge in [-0.1, -0.05) is 29.8 Å². The number of aliphatic carboxylic acids is 1. The highest BCUT2D eigenvalue weighted by Gasteiger charge is 2.08. The zero-order chi connectivity index (χ0) is 15.7. The van der Waals surface area contributed by atoms with Crippen LogP contribution in [0.1, 0.15) is 37.3 Å². The van der Waals surface area contributed by atoms with Crippen molar-refractivity contribution in [3.05, 3.63) is 35.4 Å². The van der Waals surface area contributed by atoms with Crippen LogP contribution in [0.25, 0.3) is 0 Å². The second-order valence-corrected chi connectivity index (χ2v) is 6.22. The van der Waals surface area contributed by atoms with Crippen LogP contribution in [0.4, 0.5) is 0 Å². The number of aryl methyl sites for hydroxylation is 1. The lowest BCUT2D eigenvalue weighted by Crippen LogP contribution is -2.33. The van der Waals surface area contributed by atoms with Gasteiger partial charge in [0.2, 0.25) is 5.91 Å². The van der Waals surface area contributed by atoms with Gasteiger partial charge in [-0.3, -0.25) is 9.59 Å². The van der Waals surface area contributed by atoms with Crippen LogP contribution in [0.2, 0.25) is 0 Å². The summed E-state index contributed by atoms with van der Waals surface area (Å²) < 4.78 is 0. The molecule has 1 rings (SSSR count). The molecular weight excluding hydrogens is 286 g/mol. The van der Waals surface area contributed by atoms with Crippen molar-refractivity contribution < 1.29 is 14.7 Å². The molecule has 0 fully saturated rings. The van der Waals surface area contributed by atoms with Gasteiger partial charge in [0.1, 0.15) is 0 Å². The van der Waals surface area contributed by atoms with E-state index in [0.29, 0.717) is 18.6 Å². The third kappa shape index (κ3) is 8.40. The average molecular weight is 309 g/mol. The number of carbonyl (C=O) groups excluding carboxylic acids is 1. The summed E-state index contributed by atoms with van der Waals surface area (Å²) in [5.41, 5.74) is 2.45. The number of carbonyl (C=O) groups is 2. The van der Waals surface area contributed by atoms with E-state index in [2.05, 4.69) is 30.4 Å². The molecule has 5 heteroatoms. The number of nitrogens with one attached hydrogen (secondary N) is 1. The van der Waals surface area contributed by atoms with E-state index in [1.807, 2.05) is 13.0 Å². The Labute approximate surface area is 130 Å². The fourth-order valence-corrected chi connectivity index (χ4v) is 2.80. The summed E-state index contributed by atoms with van der Waals surface area (Å²) >= 11 is 1.59. The lowest BCUT2D eigenvalue weighted by molar-refractivity contribution is -0.137. The molecule has 0 bridgehead atoms. The molecule has 0 radical (unpaired) electrons. The first-order valence-electron chi connectivity index (χ1n) is 7.12. The van der Waals surface area contributed by atoms with E-state index in [1.165, 1.54) is 11.1 Å². The molecule has 0 aromatic heterocycles. The molecule has 0 aliphatic heterocycles. The number of thioether (sulfide) groups is 1. The number of hydrogen-bond donors (Lipinski definition) is 2. The number of hydrogen-bond acceptors (Lipinski definition) is 3. The molecule has 4 nitrogen and oxygen atoms in total. The molecule has 0 spiro atoms. The molecule has 0 aliphatic carbocycles. The summed E-state index contributed by atoms with van der Waals surface area (Å²) in [6.07, 6.45) is 1.44. The minimum atomic E-state index is -0.790. The normalized spacial score (nSPS) is 11.9. The molecule has 1 aromatic carbocycles. The summed E-state index contributed by atoms with van der Waals surface area (Å²) in [7, 11) is 0. The van der Waals surface area contributed by atoms with Gasteiger partial charge in [0.15, 0.2) is 0 Å². The van der Waals surface area contributed by atoms with Crippen LogP contribution in [0.5, 0.6) is 0 Å². The van der Waals surface area contributed by atoms with Crippen LogP contribution in [0, 0.1) is 6.92 Å². The summed E-state index contributed by atoms with van der Waals surface area (Å²) in [4.78, 5) is 22.2. The second-order valence-electron chi connectivity index (χ2n) is 5.24. The van der Waals surface area contributed by atoms with E-state index in [0.717, 1.165) is 5.75 Å². The van der Waals surface area contributed by atoms with Gasteiger partial charge >= 0.3 is 5.97 Å². The Bertz CT molecular complexity index is 476. The van der Waals surface area contributed by atoms with Crippen molar-refractivity contribution in [2.24, 2.45) is 0 Å². The molecule has 2 N–H and O–H groups in total. The first-order valence-corrected chi connectivity index (χ1v) is 8.27. The Morgan fingerprint density at radius 1 is 1.38 bits per heavy atom. The maximum atomic E-state index is 11.8. The third-order valence-corrected chi connectivity index (χ3v) is 4.02. The van der Waals surface area contributed by atoms with Gasteiger partial charge in [-0.15, -0.1) is 11.8 Å².